The zero-order valence-corrected chi connectivity index (χ0v) is 12.0. The van der Waals surface area contributed by atoms with E-state index in [0.29, 0.717) is 18.5 Å². The van der Waals surface area contributed by atoms with Gasteiger partial charge in [0.25, 0.3) is 5.91 Å². The Balaban J connectivity index is 1.66. The first-order valence-corrected chi connectivity index (χ1v) is 6.99. The molecule has 1 fully saturated rings. The Hall–Kier alpha value is -1.34. The summed E-state index contributed by atoms with van der Waals surface area (Å²) >= 11 is 3.23. The molecule has 0 aromatic carbocycles. The molecule has 0 radical (unpaired) electrons. The molecular formula is C12H16BrN3O3. The van der Waals surface area contributed by atoms with E-state index < -0.39 is 0 Å². The summed E-state index contributed by atoms with van der Waals surface area (Å²) in [6.07, 6.45) is 4.94. The van der Waals surface area contributed by atoms with Gasteiger partial charge in [-0.1, -0.05) is 0 Å². The topological polar surface area (TPSA) is 83.2 Å². The van der Waals surface area contributed by atoms with E-state index in [9.17, 15) is 9.59 Å². The second-order valence-electron chi connectivity index (χ2n) is 4.41. The fourth-order valence-corrected chi connectivity index (χ4v) is 2.26. The van der Waals surface area contributed by atoms with Gasteiger partial charge in [-0.05, 0) is 41.3 Å². The second kappa shape index (κ2) is 6.72. The molecule has 6 nitrogen and oxygen atoms in total. The van der Waals surface area contributed by atoms with Crippen LogP contribution in [-0.2, 0) is 9.53 Å². The number of hydrazine groups is 1. The lowest BCUT2D eigenvalue weighted by Crippen LogP contribution is -2.41. The van der Waals surface area contributed by atoms with Crippen molar-refractivity contribution in [3.63, 3.8) is 0 Å². The van der Waals surface area contributed by atoms with Crippen molar-refractivity contribution < 1.29 is 14.3 Å². The average molecular weight is 330 g/mol. The quantitative estimate of drug-likeness (QED) is 0.732. The fraction of sp³-hybridized carbons (Fsp3) is 0.500. The molecule has 2 rings (SSSR count). The number of amides is 2. The average Bonchev–Trinajstić information content (AvgIpc) is 3.04. The molecule has 0 aliphatic carbocycles. The summed E-state index contributed by atoms with van der Waals surface area (Å²) < 4.78 is 6.20. The van der Waals surface area contributed by atoms with Crippen molar-refractivity contribution >= 4 is 27.7 Å². The molecular weight excluding hydrogens is 314 g/mol. The largest absolute Gasteiger partial charge is 0.378 e. The first-order chi connectivity index (χ1) is 9.15. The van der Waals surface area contributed by atoms with Crippen LogP contribution in [0.15, 0.2) is 16.7 Å². The smallest absolute Gasteiger partial charge is 0.286 e. The number of nitrogens with one attached hydrogen (secondary N) is 3. The molecule has 7 heteroatoms. The summed E-state index contributed by atoms with van der Waals surface area (Å²) in [5, 5.41) is 0. The number of aromatic nitrogens is 1. The highest BCUT2D eigenvalue weighted by atomic mass is 79.9. The van der Waals surface area contributed by atoms with Crippen LogP contribution in [0.3, 0.4) is 0 Å². The highest BCUT2D eigenvalue weighted by Gasteiger charge is 2.17. The number of H-pyrrole nitrogens is 1. The molecule has 1 aromatic heterocycles. The van der Waals surface area contributed by atoms with Gasteiger partial charge in [-0.2, -0.15) is 0 Å². The molecule has 3 N–H and O–H groups in total. The van der Waals surface area contributed by atoms with Gasteiger partial charge in [-0.3, -0.25) is 20.4 Å². The number of ether oxygens (including phenoxy) is 1. The lowest BCUT2D eigenvalue weighted by Gasteiger charge is -2.09. The molecule has 104 valence electrons. The molecule has 1 unspecified atom stereocenters. The van der Waals surface area contributed by atoms with Gasteiger partial charge < -0.3 is 9.72 Å². The Morgan fingerprint density at radius 2 is 2.32 bits per heavy atom. The number of carbonyl (C=O) groups excluding carboxylic acids is 2. The van der Waals surface area contributed by atoms with Gasteiger partial charge in [0.1, 0.15) is 5.69 Å². The van der Waals surface area contributed by atoms with Gasteiger partial charge in [0.2, 0.25) is 5.91 Å². The molecule has 1 aliphatic heterocycles. The lowest BCUT2D eigenvalue weighted by molar-refractivity contribution is -0.122. The van der Waals surface area contributed by atoms with Crippen LogP contribution in [-0.4, -0.2) is 29.5 Å². The van der Waals surface area contributed by atoms with E-state index in [1.54, 1.807) is 12.3 Å². The highest BCUT2D eigenvalue weighted by Crippen LogP contribution is 2.16. The van der Waals surface area contributed by atoms with Gasteiger partial charge in [-0.15, -0.1) is 0 Å². The Labute approximate surface area is 119 Å². The van der Waals surface area contributed by atoms with E-state index in [2.05, 4.69) is 31.8 Å². The molecule has 19 heavy (non-hydrogen) atoms. The maximum atomic E-state index is 11.6. The van der Waals surface area contributed by atoms with E-state index in [0.717, 1.165) is 23.9 Å². The summed E-state index contributed by atoms with van der Waals surface area (Å²) in [6, 6.07) is 1.63. The minimum absolute atomic E-state index is 0.181. The van der Waals surface area contributed by atoms with Crippen LogP contribution in [0, 0.1) is 0 Å². The van der Waals surface area contributed by atoms with Gasteiger partial charge in [-0.25, -0.2) is 0 Å². The predicted molar refractivity (Wildman–Crippen MR) is 72.3 cm³/mol. The van der Waals surface area contributed by atoms with Crippen LogP contribution < -0.4 is 10.9 Å². The van der Waals surface area contributed by atoms with Crippen molar-refractivity contribution in [2.24, 2.45) is 0 Å². The minimum atomic E-state index is -0.379. The Bertz CT molecular complexity index is 455. The van der Waals surface area contributed by atoms with Gasteiger partial charge in [0.05, 0.1) is 6.10 Å². The van der Waals surface area contributed by atoms with Crippen molar-refractivity contribution in [3.05, 3.63) is 22.4 Å². The number of hydrogen-bond donors (Lipinski definition) is 3. The number of halogens is 1. The molecule has 2 amide bonds. The van der Waals surface area contributed by atoms with Crippen molar-refractivity contribution in [2.75, 3.05) is 6.61 Å². The monoisotopic (exact) mass is 329 g/mol. The molecule has 2 heterocycles. The SMILES string of the molecule is O=C(CCC1CCCO1)NNC(=O)c1cc(Br)c[nH]1. The maximum absolute atomic E-state index is 11.6. The van der Waals surface area contributed by atoms with Gasteiger partial charge >= 0.3 is 0 Å². The number of aromatic amines is 1. The minimum Gasteiger partial charge on any atom is -0.378 e. The molecule has 0 saturated carbocycles. The van der Waals surface area contributed by atoms with Crippen LogP contribution in [0.25, 0.3) is 0 Å². The predicted octanol–water partition coefficient (Wildman–Crippen LogP) is 1.50. The molecule has 1 aromatic rings. The Morgan fingerprint density at radius 3 is 2.95 bits per heavy atom. The molecule has 0 spiro atoms. The zero-order chi connectivity index (χ0) is 13.7. The Kier molecular flexibility index (Phi) is 4.98. The highest BCUT2D eigenvalue weighted by molar-refractivity contribution is 9.10. The number of carbonyl (C=O) groups is 2. The first-order valence-electron chi connectivity index (χ1n) is 6.20. The maximum Gasteiger partial charge on any atom is 0.286 e. The number of rotatable bonds is 4. The van der Waals surface area contributed by atoms with Crippen molar-refractivity contribution in [1.82, 2.24) is 15.8 Å². The number of hydrogen-bond acceptors (Lipinski definition) is 3. The van der Waals surface area contributed by atoms with E-state index in [4.69, 9.17) is 4.74 Å². The van der Waals surface area contributed by atoms with Crippen molar-refractivity contribution in [1.29, 1.82) is 0 Å². The third-order valence-electron chi connectivity index (χ3n) is 2.93. The standard InChI is InChI=1S/C12H16BrN3O3/c13-8-6-10(14-7-8)12(18)16-15-11(17)4-3-9-2-1-5-19-9/h6-7,9,14H,1-5H2,(H,15,17)(H,16,18). The first kappa shape index (κ1) is 14.1. The fourth-order valence-electron chi connectivity index (χ4n) is 1.92. The van der Waals surface area contributed by atoms with E-state index in [1.165, 1.54) is 0 Å². The summed E-state index contributed by atoms with van der Waals surface area (Å²) in [7, 11) is 0. The van der Waals surface area contributed by atoms with Gasteiger partial charge in [0.15, 0.2) is 0 Å². The molecule has 1 saturated heterocycles. The summed E-state index contributed by atoms with van der Waals surface area (Å²) in [6.45, 7) is 0.782. The van der Waals surface area contributed by atoms with E-state index >= 15 is 0 Å². The van der Waals surface area contributed by atoms with Crippen LogP contribution in [0.2, 0.25) is 0 Å². The lowest BCUT2D eigenvalue weighted by atomic mass is 10.1. The van der Waals surface area contributed by atoms with Crippen LogP contribution in [0.1, 0.15) is 36.2 Å². The third kappa shape index (κ3) is 4.36. The van der Waals surface area contributed by atoms with Crippen molar-refractivity contribution in [3.8, 4) is 0 Å². The van der Waals surface area contributed by atoms with Crippen molar-refractivity contribution in [2.45, 2.75) is 31.8 Å². The second-order valence-corrected chi connectivity index (χ2v) is 5.32. The summed E-state index contributed by atoms with van der Waals surface area (Å²) in [5.74, 6) is -0.592. The third-order valence-corrected chi connectivity index (χ3v) is 3.38. The zero-order valence-electron chi connectivity index (χ0n) is 10.4. The van der Waals surface area contributed by atoms with Crippen LogP contribution >= 0.6 is 15.9 Å². The van der Waals surface area contributed by atoms with Gasteiger partial charge in [0, 0.05) is 23.7 Å². The summed E-state index contributed by atoms with van der Waals surface area (Å²) in [4.78, 5) is 25.9. The summed E-state index contributed by atoms with van der Waals surface area (Å²) in [5.41, 5.74) is 5.12. The van der Waals surface area contributed by atoms with Crippen LogP contribution in [0.4, 0.5) is 0 Å². The normalized spacial score (nSPS) is 18.3. The molecule has 1 atom stereocenters. The van der Waals surface area contributed by atoms with E-state index in [-0.39, 0.29) is 17.9 Å². The molecule has 1 aliphatic rings. The van der Waals surface area contributed by atoms with E-state index in [1.807, 2.05) is 0 Å². The van der Waals surface area contributed by atoms with Crippen LogP contribution in [0.5, 0.6) is 0 Å². The molecule has 0 bridgehead atoms. The Morgan fingerprint density at radius 1 is 1.47 bits per heavy atom.